The molecule has 0 aromatic rings. The van der Waals surface area contributed by atoms with Crippen molar-refractivity contribution in [3.8, 4) is 0 Å². The van der Waals surface area contributed by atoms with Gasteiger partial charge in [-0.3, -0.25) is 52.7 Å². The highest BCUT2D eigenvalue weighted by Crippen LogP contribution is 2.20. The van der Waals surface area contributed by atoms with E-state index in [4.69, 9.17) is 22.3 Å². The number of hydrogen-bond donors (Lipinski definition) is 15. The third-order valence-electron chi connectivity index (χ3n) is 10.2. The summed E-state index contributed by atoms with van der Waals surface area (Å²) in [4.78, 5) is 142. The molecule has 0 bridgehead atoms. The number of nitrogens with two attached hydrogens (primary N) is 3. The molecule has 0 aromatic carbocycles. The second kappa shape index (κ2) is 28.0. The number of likely N-dealkylation sites (tertiary alicyclic amines) is 1. The molecule has 0 saturated carbocycles. The van der Waals surface area contributed by atoms with Crippen LogP contribution in [0.15, 0.2) is 0 Å². The Morgan fingerprint density at radius 2 is 1.15 bits per heavy atom. The maximum absolute atomic E-state index is 13.7. The number of primary amides is 1. The first-order valence-corrected chi connectivity index (χ1v) is 20.9. The minimum absolute atomic E-state index is 0.155. The Kier molecular flexibility index (Phi) is 24.5. The van der Waals surface area contributed by atoms with Gasteiger partial charge in [0.1, 0.15) is 48.3 Å². The first kappa shape index (κ1) is 57.0. The molecule has 1 heterocycles. The zero-order valence-corrected chi connectivity index (χ0v) is 36.7. The zero-order chi connectivity index (χ0) is 49.7. The van der Waals surface area contributed by atoms with Gasteiger partial charge >= 0.3 is 11.9 Å². The number of hydrogen-bond acceptors (Lipinski definition) is 16. The third-order valence-corrected chi connectivity index (χ3v) is 10.2. The molecule has 0 spiro atoms. The number of aliphatic hydroxyl groups is 3. The number of nitrogens with zero attached hydrogens (tertiary/aromatic N) is 1. The van der Waals surface area contributed by atoms with Gasteiger partial charge in [0.15, 0.2) is 0 Å². The Balaban J connectivity index is 3.24. The van der Waals surface area contributed by atoms with Crippen LogP contribution >= 0.6 is 0 Å². The maximum Gasteiger partial charge on any atom is 0.325 e. The Morgan fingerprint density at radius 1 is 0.662 bits per heavy atom. The first-order valence-electron chi connectivity index (χ1n) is 20.9. The molecule has 368 valence electrons. The fourth-order valence-corrected chi connectivity index (χ4v) is 6.26. The molecule has 9 amide bonds. The van der Waals surface area contributed by atoms with E-state index in [9.17, 15) is 73.2 Å². The number of rotatable bonds is 29. The van der Waals surface area contributed by atoms with E-state index < -0.39 is 158 Å². The third kappa shape index (κ3) is 18.9. The molecular formula is C38H65N11O16. The number of carboxylic acid groups (broad SMARTS) is 2. The summed E-state index contributed by atoms with van der Waals surface area (Å²) < 4.78 is 0. The summed E-state index contributed by atoms with van der Waals surface area (Å²) in [6, 6.07) is -13.9. The second-order valence-electron chi connectivity index (χ2n) is 15.8. The lowest BCUT2D eigenvalue weighted by Crippen LogP contribution is -2.62. The maximum atomic E-state index is 13.7. The number of aliphatic hydroxyl groups excluding tert-OH is 3. The molecule has 27 nitrogen and oxygen atoms in total. The Labute approximate surface area is 374 Å². The van der Waals surface area contributed by atoms with Crippen molar-refractivity contribution in [2.75, 3.05) is 26.3 Å². The minimum atomic E-state index is -1.95. The van der Waals surface area contributed by atoms with E-state index in [1.54, 1.807) is 13.8 Å². The van der Waals surface area contributed by atoms with E-state index in [0.29, 0.717) is 12.8 Å². The van der Waals surface area contributed by atoms with Gasteiger partial charge in [-0.25, -0.2) is 0 Å². The van der Waals surface area contributed by atoms with Crippen LogP contribution < -0.4 is 54.4 Å². The number of carbonyl (C=O) groups excluding carboxylic acids is 9. The fraction of sp³-hybridized carbons (Fsp3) is 0.711. The molecule has 1 aliphatic heterocycles. The number of nitrogens with one attached hydrogen (secondary N) is 7. The van der Waals surface area contributed by atoms with Gasteiger partial charge in [-0.2, -0.15) is 0 Å². The van der Waals surface area contributed by atoms with Crippen molar-refractivity contribution in [1.82, 2.24) is 42.1 Å². The first-order chi connectivity index (χ1) is 30.4. The summed E-state index contributed by atoms with van der Waals surface area (Å²) in [5, 5.41) is 64.4. The largest absolute Gasteiger partial charge is 0.481 e. The number of carbonyl (C=O) groups is 11. The molecule has 10 atom stereocenters. The van der Waals surface area contributed by atoms with Gasteiger partial charge < -0.3 is 84.9 Å². The molecule has 0 aromatic heterocycles. The summed E-state index contributed by atoms with van der Waals surface area (Å²) >= 11 is 0. The van der Waals surface area contributed by atoms with Crippen LogP contribution in [0.5, 0.6) is 0 Å². The molecular weight excluding hydrogens is 866 g/mol. The molecule has 27 heteroatoms. The molecule has 18 N–H and O–H groups in total. The van der Waals surface area contributed by atoms with Crippen LogP contribution in [-0.4, -0.2) is 182 Å². The molecule has 0 unspecified atom stereocenters. The molecule has 0 radical (unpaired) electrons. The topological polar surface area (TPSA) is 454 Å². The van der Waals surface area contributed by atoms with Gasteiger partial charge in [-0.1, -0.05) is 13.8 Å². The van der Waals surface area contributed by atoms with Crippen LogP contribution in [0, 0.1) is 5.92 Å². The molecule has 1 rings (SSSR count). The highest BCUT2D eigenvalue weighted by Gasteiger charge is 2.39. The van der Waals surface area contributed by atoms with Crippen LogP contribution in [0.3, 0.4) is 0 Å². The molecule has 1 saturated heterocycles. The van der Waals surface area contributed by atoms with Crippen molar-refractivity contribution in [1.29, 1.82) is 0 Å². The van der Waals surface area contributed by atoms with Crippen LogP contribution in [-0.2, 0) is 52.7 Å². The van der Waals surface area contributed by atoms with Gasteiger partial charge in [-0.05, 0) is 64.8 Å². The van der Waals surface area contributed by atoms with Gasteiger partial charge in [-0.15, -0.1) is 0 Å². The Hall–Kier alpha value is -6.03. The van der Waals surface area contributed by atoms with Crippen LogP contribution in [0.1, 0.15) is 79.1 Å². The quantitative estimate of drug-likeness (QED) is 0.0310. The van der Waals surface area contributed by atoms with Gasteiger partial charge in [0.2, 0.25) is 53.2 Å². The number of aliphatic carboxylic acids is 2. The molecule has 1 aliphatic rings. The predicted molar refractivity (Wildman–Crippen MR) is 224 cm³/mol. The zero-order valence-electron chi connectivity index (χ0n) is 36.7. The van der Waals surface area contributed by atoms with Crippen molar-refractivity contribution in [3.05, 3.63) is 0 Å². The average molecular weight is 932 g/mol. The monoisotopic (exact) mass is 931 g/mol. The standard InChI is InChI=1S/C38H65N11O16/c1-17(2)28(41)37(63)49-13-7-9-25(49)35(61)47-23(15-50)33(59)46-24(16-51)34(60)48-29(19(4)52)36(62)44-21(10-11-27(54)55)31(57)43-20(8-5-6-12-39)30(56)45-22(14-26(40)53)32(58)42-18(3)38(64)65/h17-25,28-29,50-52H,5-16,39,41H2,1-4H3,(H2,40,53)(H,42,58)(H,43,57)(H,44,62)(H,45,56)(H,46,59)(H,47,61)(H,48,60)(H,54,55)(H,64,65)/t18-,19+,20-,21-,22-,23-,24-,25-,28-,29-/m0/s1. The lowest BCUT2D eigenvalue weighted by atomic mass is 10.0. The van der Waals surface area contributed by atoms with Gasteiger partial charge in [0.05, 0.1) is 31.8 Å². The lowest BCUT2D eigenvalue weighted by Gasteiger charge is -2.29. The SMILES string of the molecule is CC(C)[C@H](N)C(=O)N1CCC[C@H]1C(=O)N[C@@H](CO)C(=O)N[C@@H](CO)C(=O)N[C@H](C(=O)N[C@@H](CCC(=O)O)C(=O)N[C@@H](CCCCN)C(=O)N[C@@H](CC(N)=O)C(=O)N[C@@H](C)C(=O)O)[C@@H](C)O. The fourth-order valence-electron chi connectivity index (χ4n) is 6.26. The summed E-state index contributed by atoms with van der Waals surface area (Å²) in [5.74, 6) is -12.5. The normalized spacial score (nSPS) is 17.6. The predicted octanol–water partition coefficient (Wildman–Crippen LogP) is -7.31. The smallest absolute Gasteiger partial charge is 0.325 e. The van der Waals surface area contributed by atoms with Gasteiger partial charge in [0.25, 0.3) is 0 Å². The van der Waals surface area contributed by atoms with E-state index in [0.717, 1.165) is 13.8 Å². The summed E-state index contributed by atoms with van der Waals surface area (Å²) in [6.45, 7) is 3.87. The number of amides is 9. The number of carboxylic acids is 2. The van der Waals surface area contributed by atoms with Crippen molar-refractivity contribution in [2.24, 2.45) is 23.1 Å². The van der Waals surface area contributed by atoms with E-state index in [1.807, 2.05) is 0 Å². The van der Waals surface area contributed by atoms with Gasteiger partial charge in [0, 0.05) is 13.0 Å². The lowest BCUT2D eigenvalue weighted by molar-refractivity contribution is -0.142. The highest BCUT2D eigenvalue weighted by molar-refractivity contribution is 5.99. The van der Waals surface area contributed by atoms with Crippen molar-refractivity contribution in [3.63, 3.8) is 0 Å². The summed E-state index contributed by atoms with van der Waals surface area (Å²) in [7, 11) is 0. The van der Waals surface area contributed by atoms with Crippen molar-refractivity contribution >= 4 is 65.1 Å². The second-order valence-corrected chi connectivity index (χ2v) is 15.8. The van der Waals surface area contributed by atoms with Crippen molar-refractivity contribution in [2.45, 2.75) is 140 Å². The minimum Gasteiger partial charge on any atom is -0.481 e. The van der Waals surface area contributed by atoms with E-state index in [1.165, 1.54) is 4.90 Å². The Bertz CT molecular complexity index is 1720. The number of unbranched alkanes of at least 4 members (excludes halogenated alkanes) is 1. The Morgan fingerprint density at radius 3 is 1.66 bits per heavy atom. The highest BCUT2D eigenvalue weighted by atomic mass is 16.4. The van der Waals surface area contributed by atoms with Crippen LogP contribution in [0.2, 0.25) is 0 Å². The van der Waals surface area contributed by atoms with E-state index >= 15 is 0 Å². The van der Waals surface area contributed by atoms with Crippen LogP contribution in [0.4, 0.5) is 0 Å². The molecule has 65 heavy (non-hydrogen) atoms. The van der Waals surface area contributed by atoms with E-state index in [-0.39, 0.29) is 38.3 Å². The van der Waals surface area contributed by atoms with E-state index in [2.05, 4.69) is 37.2 Å². The summed E-state index contributed by atoms with van der Waals surface area (Å²) in [5.41, 5.74) is 16.8. The van der Waals surface area contributed by atoms with Crippen molar-refractivity contribution < 1.29 is 78.3 Å². The summed E-state index contributed by atoms with van der Waals surface area (Å²) in [6.07, 6.45) is -2.85. The average Bonchev–Trinajstić information content (AvgIpc) is 3.73. The molecule has 1 fully saturated rings. The molecule has 0 aliphatic carbocycles. The van der Waals surface area contributed by atoms with Crippen LogP contribution in [0.25, 0.3) is 0 Å².